The summed E-state index contributed by atoms with van der Waals surface area (Å²) in [5, 5.41) is 12.3. The molecule has 0 aliphatic carbocycles. The maximum Gasteiger partial charge on any atom is 0.412 e. The predicted molar refractivity (Wildman–Crippen MR) is 81.3 cm³/mol. The fraction of sp³-hybridized carbons (Fsp3) is 0.533. The maximum atomic E-state index is 11.7. The SMILES string of the molecule is C[C@@H](O)CCc1ccc(NC(=O)OC(C)(C)C)c(Cl)c1. The molecule has 0 aromatic heterocycles. The normalized spacial score (nSPS) is 12.9. The molecule has 1 atom stereocenters. The van der Waals surface area contributed by atoms with Crippen molar-refractivity contribution in [3.05, 3.63) is 28.8 Å². The van der Waals surface area contributed by atoms with E-state index in [0.29, 0.717) is 17.1 Å². The summed E-state index contributed by atoms with van der Waals surface area (Å²) in [6.45, 7) is 7.15. The van der Waals surface area contributed by atoms with Crippen LogP contribution in [0.25, 0.3) is 0 Å². The standard InChI is InChI=1S/C15H22ClNO3/c1-10(18)5-6-11-7-8-13(12(16)9-11)17-14(19)20-15(2,3)4/h7-10,18H,5-6H2,1-4H3,(H,17,19)/t10-/m1/s1. The van der Waals surface area contributed by atoms with Gasteiger partial charge in [0, 0.05) is 0 Å². The fourth-order valence-corrected chi connectivity index (χ4v) is 1.85. The molecule has 0 aliphatic heterocycles. The van der Waals surface area contributed by atoms with Crippen LogP contribution in [0.3, 0.4) is 0 Å². The molecule has 0 saturated carbocycles. The second kappa shape index (κ2) is 6.95. The number of aliphatic hydroxyl groups is 1. The lowest BCUT2D eigenvalue weighted by Gasteiger charge is -2.20. The van der Waals surface area contributed by atoms with Crippen LogP contribution in [0.15, 0.2) is 18.2 Å². The topological polar surface area (TPSA) is 58.6 Å². The fourth-order valence-electron chi connectivity index (χ4n) is 1.60. The van der Waals surface area contributed by atoms with Gasteiger partial charge in [0.1, 0.15) is 5.60 Å². The van der Waals surface area contributed by atoms with E-state index in [9.17, 15) is 9.90 Å². The second-order valence-corrected chi connectivity index (χ2v) is 6.24. The minimum Gasteiger partial charge on any atom is -0.444 e. The minimum atomic E-state index is -0.548. The number of anilines is 1. The van der Waals surface area contributed by atoms with Crippen molar-refractivity contribution in [2.75, 3.05) is 5.32 Å². The van der Waals surface area contributed by atoms with E-state index >= 15 is 0 Å². The first-order valence-electron chi connectivity index (χ1n) is 6.64. The third-order valence-corrected chi connectivity index (χ3v) is 2.83. The van der Waals surface area contributed by atoms with Crippen molar-refractivity contribution in [3.63, 3.8) is 0 Å². The van der Waals surface area contributed by atoms with Crippen LogP contribution in [0.4, 0.5) is 10.5 Å². The smallest absolute Gasteiger partial charge is 0.412 e. The molecule has 112 valence electrons. The van der Waals surface area contributed by atoms with Gasteiger partial charge in [-0.1, -0.05) is 17.7 Å². The number of aliphatic hydroxyl groups excluding tert-OH is 1. The molecule has 1 aromatic rings. The Labute approximate surface area is 125 Å². The first-order chi connectivity index (χ1) is 9.17. The van der Waals surface area contributed by atoms with Gasteiger partial charge in [-0.15, -0.1) is 0 Å². The zero-order chi connectivity index (χ0) is 15.3. The number of benzene rings is 1. The van der Waals surface area contributed by atoms with E-state index in [2.05, 4.69) is 5.32 Å². The van der Waals surface area contributed by atoms with Gasteiger partial charge in [-0.25, -0.2) is 4.79 Å². The van der Waals surface area contributed by atoms with Crippen LogP contribution < -0.4 is 5.32 Å². The Balaban J connectivity index is 2.66. The summed E-state index contributed by atoms with van der Waals surface area (Å²) in [6.07, 6.45) is 0.545. The number of carbonyl (C=O) groups excluding carboxylic acids is 1. The van der Waals surface area contributed by atoms with E-state index in [1.165, 1.54) is 0 Å². The molecule has 0 heterocycles. The van der Waals surface area contributed by atoms with Crippen LogP contribution in [0, 0.1) is 0 Å². The van der Waals surface area contributed by atoms with Gasteiger partial charge >= 0.3 is 6.09 Å². The van der Waals surface area contributed by atoms with E-state index in [-0.39, 0.29) is 6.10 Å². The van der Waals surface area contributed by atoms with Crippen LogP contribution in [0.1, 0.15) is 39.7 Å². The van der Waals surface area contributed by atoms with Crippen molar-refractivity contribution in [1.29, 1.82) is 0 Å². The van der Waals surface area contributed by atoms with Crippen molar-refractivity contribution in [3.8, 4) is 0 Å². The lowest BCUT2D eigenvalue weighted by Crippen LogP contribution is -2.27. The Bertz CT molecular complexity index is 467. The first-order valence-corrected chi connectivity index (χ1v) is 7.01. The van der Waals surface area contributed by atoms with Crippen molar-refractivity contribution < 1.29 is 14.6 Å². The summed E-state index contributed by atoms with van der Waals surface area (Å²) in [6, 6.07) is 5.40. The van der Waals surface area contributed by atoms with E-state index in [4.69, 9.17) is 16.3 Å². The Morgan fingerprint density at radius 3 is 2.60 bits per heavy atom. The van der Waals surface area contributed by atoms with Gasteiger partial charge < -0.3 is 9.84 Å². The summed E-state index contributed by atoms with van der Waals surface area (Å²) in [5.41, 5.74) is 0.987. The average molecular weight is 300 g/mol. The molecule has 20 heavy (non-hydrogen) atoms. The third-order valence-electron chi connectivity index (χ3n) is 2.52. The number of amides is 1. The lowest BCUT2D eigenvalue weighted by molar-refractivity contribution is 0.0636. The summed E-state index contributed by atoms with van der Waals surface area (Å²) >= 11 is 6.13. The number of aryl methyl sites for hydroxylation is 1. The van der Waals surface area contributed by atoms with Gasteiger partial charge in [0.05, 0.1) is 16.8 Å². The highest BCUT2D eigenvalue weighted by Gasteiger charge is 2.17. The molecule has 0 spiro atoms. The summed E-state index contributed by atoms with van der Waals surface area (Å²) in [7, 11) is 0. The molecule has 4 nitrogen and oxygen atoms in total. The highest BCUT2D eigenvalue weighted by Crippen LogP contribution is 2.24. The summed E-state index contributed by atoms with van der Waals surface area (Å²) < 4.78 is 5.16. The lowest BCUT2D eigenvalue weighted by atomic mass is 10.1. The van der Waals surface area contributed by atoms with Gasteiger partial charge in [0.15, 0.2) is 0 Å². The third kappa shape index (κ3) is 6.26. The maximum absolute atomic E-state index is 11.7. The van der Waals surface area contributed by atoms with Gasteiger partial charge in [0.2, 0.25) is 0 Å². The number of halogens is 1. The summed E-state index contributed by atoms with van der Waals surface area (Å²) in [5.74, 6) is 0. The monoisotopic (exact) mass is 299 g/mol. The Morgan fingerprint density at radius 2 is 2.10 bits per heavy atom. The van der Waals surface area contributed by atoms with Gasteiger partial charge in [0.25, 0.3) is 0 Å². The number of rotatable bonds is 4. The van der Waals surface area contributed by atoms with Gasteiger partial charge in [-0.3, -0.25) is 5.32 Å². The average Bonchev–Trinajstić information content (AvgIpc) is 2.27. The minimum absolute atomic E-state index is 0.339. The molecule has 1 rings (SSSR count). The molecule has 0 fully saturated rings. The molecule has 0 saturated heterocycles. The molecule has 5 heteroatoms. The Kier molecular flexibility index (Phi) is 5.84. The number of hydrogen-bond donors (Lipinski definition) is 2. The molecule has 0 radical (unpaired) electrons. The molecule has 1 aromatic carbocycles. The number of nitrogens with one attached hydrogen (secondary N) is 1. The van der Waals surface area contributed by atoms with Crippen LogP contribution in [-0.4, -0.2) is 22.9 Å². The summed E-state index contributed by atoms with van der Waals surface area (Å²) in [4.78, 5) is 11.7. The first kappa shape index (κ1) is 16.8. The van der Waals surface area contributed by atoms with E-state index in [0.717, 1.165) is 12.0 Å². The second-order valence-electron chi connectivity index (χ2n) is 5.83. The molecule has 0 aliphatic rings. The van der Waals surface area contributed by atoms with E-state index in [1.54, 1.807) is 39.8 Å². The molecule has 1 amide bonds. The highest BCUT2D eigenvalue weighted by molar-refractivity contribution is 6.33. The van der Waals surface area contributed by atoms with Crippen molar-refractivity contribution >= 4 is 23.4 Å². The Hall–Kier alpha value is -1.26. The highest BCUT2D eigenvalue weighted by atomic mass is 35.5. The molecule has 0 bridgehead atoms. The largest absolute Gasteiger partial charge is 0.444 e. The molecular weight excluding hydrogens is 278 g/mol. The van der Waals surface area contributed by atoms with Crippen LogP contribution in [0.2, 0.25) is 5.02 Å². The molecule has 0 unspecified atom stereocenters. The van der Waals surface area contributed by atoms with Crippen molar-refractivity contribution in [2.24, 2.45) is 0 Å². The number of ether oxygens (including phenoxy) is 1. The van der Waals surface area contributed by atoms with Crippen LogP contribution >= 0.6 is 11.6 Å². The van der Waals surface area contributed by atoms with Gasteiger partial charge in [-0.05, 0) is 58.2 Å². The Morgan fingerprint density at radius 1 is 1.45 bits per heavy atom. The van der Waals surface area contributed by atoms with E-state index < -0.39 is 11.7 Å². The number of hydrogen-bond acceptors (Lipinski definition) is 3. The van der Waals surface area contributed by atoms with Crippen molar-refractivity contribution in [1.82, 2.24) is 0 Å². The van der Waals surface area contributed by atoms with E-state index in [1.807, 2.05) is 6.07 Å². The quantitative estimate of drug-likeness (QED) is 0.883. The van der Waals surface area contributed by atoms with Crippen LogP contribution in [0.5, 0.6) is 0 Å². The van der Waals surface area contributed by atoms with Crippen LogP contribution in [-0.2, 0) is 11.2 Å². The zero-order valence-electron chi connectivity index (χ0n) is 12.4. The zero-order valence-corrected chi connectivity index (χ0v) is 13.1. The van der Waals surface area contributed by atoms with Crippen molar-refractivity contribution in [2.45, 2.75) is 52.2 Å². The molecular formula is C15H22ClNO3. The number of carbonyl (C=O) groups is 1. The van der Waals surface area contributed by atoms with Gasteiger partial charge in [-0.2, -0.15) is 0 Å². The predicted octanol–water partition coefficient (Wildman–Crippen LogP) is 4.00. The molecule has 2 N–H and O–H groups in total.